The third kappa shape index (κ3) is 2.28. The first kappa shape index (κ1) is 12.4. The fourth-order valence-electron chi connectivity index (χ4n) is 2.39. The highest BCUT2D eigenvalue weighted by Crippen LogP contribution is 2.25. The standard InChI is InChI=1S/C15H14FNOS/c1-10-2-3-12(13(16)8-10)15(18)17-6-4-14-11(9-17)5-7-19-14/h2-3,5,7-8H,4,6,9H2,1H3. The number of halogens is 1. The summed E-state index contributed by atoms with van der Waals surface area (Å²) in [7, 11) is 0. The molecular formula is C15H14FNOS. The number of nitrogens with zero attached hydrogens (tertiary/aromatic N) is 1. The van der Waals surface area contributed by atoms with Gasteiger partial charge in [0, 0.05) is 18.0 Å². The van der Waals surface area contributed by atoms with Gasteiger partial charge in [0.1, 0.15) is 5.82 Å². The van der Waals surface area contributed by atoms with E-state index in [-0.39, 0.29) is 11.5 Å². The maximum Gasteiger partial charge on any atom is 0.257 e. The van der Waals surface area contributed by atoms with Crippen molar-refractivity contribution in [3.8, 4) is 0 Å². The molecule has 1 aliphatic heterocycles. The van der Waals surface area contributed by atoms with E-state index in [1.54, 1.807) is 28.4 Å². The van der Waals surface area contributed by atoms with Crippen molar-refractivity contribution in [2.75, 3.05) is 6.54 Å². The minimum absolute atomic E-state index is 0.171. The fraction of sp³-hybridized carbons (Fsp3) is 0.267. The molecule has 2 aromatic rings. The average Bonchev–Trinajstić information content (AvgIpc) is 2.85. The predicted molar refractivity (Wildman–Crippen MR) is 73.9 cm³/mol. The summed E-state index contributed by atoms with van der Waals surface area (Å²) in [6, 6.07) is 6.81. The maximum absolute atomic E-state index is 13.8. The van der Waals surface area contributed by atoms with Gasteiger partial charge in [0.25, 0.3) is 5.91 Å². The Morgan fingerprint density at radius 3 is 3.00 bits per heavy atom. The van der Waals surface area contributed by atoms with Crippen molar-refractivity contribution < 1.29 is 9.18 Å². The molecule has 1 aromatic carbocycles. The topological polar surface area (TPSA) is 20.3 Å². The molecule has 2 heterocycles. The minimum atomic E-state index is -0.430. The van der Waals surface area contributed by atoms with Crippen LogP contribution in [-0.2, 0) is 13.0 Å². The number of carbonyl (C=O) groups excluding carboxylic acids is 1. The second-order valence-corrected chi connectivity index (χ2v) is 5.83. The van der Waals surface area contributed by atoms with Crippen molar-refractivity contribution in [1.82, 2.24) is 4.90 Å². The van der Waals surface area contributed by atoms with Crippen molar-refractivity contribution >= 4 is 17.2 Å². The van der Waals surface area contributed by atoms with Gasteiger partial charge in [-0.1, -0.05) is 6.07 Å². The number of hydrogen-bond donors (Lipinski definition) is 0. The highest BCUT2D eigenvalue weighted by Gasteiger charge is 2.24. The summed E-state index contributed by atoms with van der Waals surface area (Å²) < 4.78 is 13.8. The van der Waals surface area contributed by atoms with Crippen LogP contribution in [0.3, 0.4) is 0 Å². The van der Waals surface area contributed by atoms with E-state index in [4.69, 9.17) is 0 Å². The van der Waals surface area contributed by atoms with E-state index < -0.39 is 5.82 Å². The van der Waals surface area contributed by atoms with Crippen LogP contribution in [0, 0.1) is 12.7 Å². The number of benzene rings is 1. The molecule has 0 radical (unpaired) electrons. The second kappa shape index (κ2) is 4.78. The zero-order chi connectivity index (χ0) is 13.4. The van der Waals surface area contributed by atoms with Crippen molar-refractivity contribution in [3.05, 3.63) is 57.0 Å². The van der Waals surface area contributed by atoms with Crippen LogP contribution in [0.2, 0.25) is 0 Å². The van der Waals surface area contributed by atoms with Gasteiger partial charge in [0.15, 0.2) is 0 Å². The molecule has 1 amide bonds. The highest BCUT2D eigenvalue weighted by molar-refractivity contribution is 7.10. The van der Waals surface area contributed by atoms with Gasteiger partial charge >= 0.3 is 0 Å². The lowest BCUT2D eigenvalue weighted by Crippen LogP contribution is -2.35. The average molecular weight is 275 g/mol. The molecule has 0 atom stereocenters. The zero-order valence-electron chi connectivity index (χ0n) is 10.6. The van der Waals surface area contributed by atoms with Crippen LogP contribution in [0.25, 0.3) is 0 Å². The summed E-state index contributed by atoms with van der Waals surface area (Å²) in [5, 5.41) is 2.05. The maximum atomic E-state index is 13.8. The molecule has 0 saturated heterocycles. The summed E-state index contributed by atoms with van der Waals surface area (Å²) in [5.41, 5.74) is 2.19. The summed E-state index contributed by atoms with van der Waals surface area (Å²) in [4.78, 5) is 15.4. The minimum Gasteiger partial charge on any atom is -0.334 e. The summed E-state index contributed by atoms with van der Waals surface area (Å²) in [6.07, 6.45) is 0.867. The molecule has 19 heavy (non-hydrogen) atoms. The molecule has 0 aliphatic carbocycles. The number of rotatable bonds is 1. The summed E-state index contributed by atoms with van der Waals surface area (Å²) in [6.45, 7) is 3.07. The van der Waals surface area contributed by atoms with Gasteiger partial charge in [-0.3, -0.25) is 4.79 Å². The Labute approximate surface area is 115 Å². The Kier molecular flexibility index (Phi) is 3.11. The smallest absolute Gasteiger partial charge is 0.257 e. The lowest BCUT2D eigenvalue weighted by atomic mass is 10.1. The van der Waals surface area contributed by atoms with Crippen molar-refractivity contribution in [2.24, 2.45) is 0 Å². The zero-order valence-corrected chi connectivity index (χ0v) is 11.5. The van der Waals surface area contributed by atoms with Gasteiger partial charge in [-0.15, -0.1) is 11.3 Å². The number of amides is 1. The first-order valence-corrected chi connectivity index (χ1v) is 7.14. The molecule has 0 fully saturated rings. The molecule has 3 rings (SSSR count). The molecule has 2 nitrogen and oxygen atoms in total. The number of hydrogen-bond acceptors (Lipinski definition) is 2. The molecule has 98 valence electrons. The van der Waals surface area contributed by atoms with Crippen LogP contribution in [0.5, 0.6) is 0 Å². The first-order chi connectivity index (χ1) is 9.15. The molecule has 0 unspecified atom stereocenters. The Bertz CT molecular complexity index is 635. The van der Waals surface area contributed by atoms with E-state index in [2.05, 4.69) is 0 Å². The largest absolute Gasteiger partial charge is 0.334 e. The highest BCUT2D eigenvalue weighted by atomic mass is 32.1. The van der Waals surface area contributed by atoms with Crippen molar-refractivity contribution in [2.45, 2.75) is 19.9 Å². The van der Waals surface area contributed by atoms with Crippen molar-refractivity contribution in [1.29, 1.82) is 0 Å². The molecule has 0 spiro atoms. The third-order valence-electron chi connectivity index (χ3n) is 3.45. The van der Waals surface area contributed by atoms with Gasteiger partial charge in [-0.25, -0.2) is 4.39 Å². The molecule has 1 aromatic heterocycles. The van der Waals surface area contributed by atoms with Crippen LogP contribution in [-0.4, -0.2) is 17.4 Å². The molecule has 4 heteroatoms. The Balaban J connectivity index is 1.85. The van der Waals surface area contributed by atoms with Crippen LogP contribution in [0.1, 0.15) is 26.4 Å². The van der Waals surface area contributed by atoms with Gasteiger partial charge in [-0.05, 0) is 48.1 Å². The Morgan fingerprint density at radius 2 is 2.21 bits per heavy atom. The molecule has 0 saturated carbocycles. The normalized spacial score (nSPS) is 14.3. The Hall–Kier alpha value is -1.68. The molecular weight excluding hydrogens is 261 g/mol. The van der Waals surface area contributed by atoms with Gasteiger partial charge in [0.2, 0.25) is 0 Å². The van der Waals surface area contributed by atoms with Crippen LogP contribution < -0.4 is 0 Å². The summed E-state index contributed by atoms with van der Waals surface area (Å²) >= 11 is 1.73. The molecule has 1 aliphatic rings. The predicted octanol–water partition coefficient (Wildman–Crippen LogP) is 3.39. The van der Waals surface area contributed by atoms with Crippen LogP contribution >= 0.6 is 11.3 Å². The quantitative estimate of drug-likeness (QED) is 0.781. The Morgan fingerprint density at radius 1 is 1.37 bits per heavy atom. The van der Waals surface area contributed by atoms with Gasteiger partial charge < -0.3 is 4.90 Å². The number of fused-ring (bicyclic) bond motifs is 1. The third-order valence-corrected chi connectivity index (χ3v) is 4.47. The van der Waals surface area contributed by atoms with E-state index in [1.165, 1.54) is 16.5 Å². The first-order valence-electron chi connectivity index (χ1n) is 6.26. The second-order valence-electron chi connectivity index (χ2n) is 4.83. The van der Waals surface area contributed by atoms with Gasteiger partial charge in [-0.2, -0.15) is 0 Å². The van der Waals surface area contributed by atoms with E-state index >= 15 is 0 Å². The van der Waals surface area contributed by atoms with E-state index in [9.17, 15) is 9.18 Å². The number of aryl methyl sites for hydroxylation is 1. The monoisotopic (exact) mass is 275 g/mol. The fourth-order valence-corrected chi connectivity index (χ4v) is 3.28. The SMILES string of the molecule is Cc1ccc(C(=O)N2CCc3sccc3C2)c(F)c1. The van der Waals surface area contributed by atoms with Gasteiger partial charge in [0.05, 0.1) is 5.56 Å². The van der Waals surface area contributed by atoms with E-state index in [1.807, 2.05) is 18.4 Å². The van der Waals surface area contributed by atoms with E-state index in [0.29, 0.717) is 13.1 Å². The summed E-state index contributed by atoms with van der Waals surface area (Å²) in [5.74, 6) is -0.643. The van der Waals surface area contributed by atoms with Crippen molar-refractivity contribution in [3.63, 3.8) is 0 Å². The van der Waals surface area contributed by atoms with Crippen LogP contribution in [0.15, 0.2) is 29.6 Å². The lowest BCUT2D eigenvalue weighted by molar-refractivity contribution is 0.0731. The number of thiophene rings is 1. The molecule has 0 bridgehead atoms. The van der Waals surface area contributed by atoms with Crippen LogP contribution in [0.4, 0.5) is 4.39 Å². The number of carbonyl (C=O) groups is 1. The lowest BCUT2D eigenvalue weighted by Gasteiger charge is -2.27. The molecule has 0 N–H and O–H groups in total. The van der Waals surface area contributed by atoms with E-state index in [0.717, 1.165) is 12.0 Å².